The van der Waals surface area contributed by atoms with Gasteiger partial charge in [-0.25, -0.2) is 4.98 Å². The Hall–Kier alpha value is -2.47. The first-order valence-corrected chi connectivity index (χ1v) is 9.60. The van der Waals surface area contributed by atoms with Crippen LogP contribution in [0.4, 0.5) is 0 Å². The summed E-state index contributed by atoms with van der Waals surface area (Å²) < 4.78 is 7.52. The van der Waals surface area contributed by atoms with Crippen molar-refractivity contribution in [2.75, 3.05) is 13.1 Å². The molecule has 142 valence electrons. The van der Waals surface area contributed by atoms with E-state index < -0.39 is 0 Å². The largest absolute Gasteiger partial charge is 0.363 e. The number of rotatable bonds is 3. The number of hydrogen-bond acceptors (Lipinski definition) is 4. The van der Waals surface area contributed by atoms with Crippen molar-refractivity contribution in [3.8, 4) is 0 Å². The molecular formula is C21H25N3O3. The highest BCUT2D eigenvalue weighted by molar-refractivity contribution is 5.81. The average molecular weight is 367 g/mol. The third-order valence-corrected chi connectivity index (χ3v) is 5.69. The first kappa shape index (κ1) is 17.9. The maximum atomic E-state index is 12.9. The molecule has 0 saturated carbocycles. The van der Waals surface area contributed by atoms with Gasteiger partial charge in [-0.2, -0.15) is 0 Å². The van der Waals surface area contributed by atoms with Gasteiger partial charge in [-0.3, -0.25) is 14.2 Å². The van der Waals surface area contributed by atoms with Gasteiger partial charge in [0.15, 0.2) is 0 Å². The molecule has 0 bridgehead atoms. The molecule has 27 heavy (non-hydrogen) atoms. The maximum Gasteiger partial charge on any atom is 0.256 e. The lowest BCUT2D eigenvalue weighted by atomic mass is 9.94. The van der Waals surface area contributed by atoms with Crippen LogP contribution >= 0.6 is 0 Å². The second kappa shape index (κ2) is 7.64. The van der Waals surface area contributed by atoms with E-state index in [0.29, 0.717) is 31.1 Å². The van der Waals surface area contributed by atoms with E-state index >= 15 is 0 Å². The van der Waals surface area contributed by atoms with Crippen LogP contribution in [0.5, 0.6) is 0 Å². The molecule has 1 aromatic carbocycles. The van der Waals surface area contributed by atoms with Gasteiger partial charge in [-0.15, -0.1) is 0 Å². The molecule has 0 N–H and O–H groups in total. The molecule has 3 heterocycles. The summed E-state index contributed by atoms with van der Waals surface area (Å²) in [6, 6.07) is 8.16. The molecule has 1 amide bonds. The van der Waals surface area contributed by atoms with E-state index in [1.807, 2.05) is 17.0 Å². The van der Waals surface area contributed by atoms with E-state index in [0.717, 1.165) is 25.9 Å². The molecule has 0 spiro atoms. The van der Waals surface area contributed by atoms with Crippen molar-refractivity contribution in [3.63, 3.8) is 0 Å². The van der Waals surface area contributed by atoms with Crippen molar-refractivity contribution in [1.82, 2.24) is 14.5 Å². The van der Waals surface area contributed by atoms with Crippen molar-refractivity contribution >= 4 is 5.91 Å². The minimum Gasteiger partial charge on any atom is -0.363 e. The molecule has 1 aromatic heterocycles. The van der Waals surface area contributed by atoms with Crippen molar-refractivity contribution in [2.24, 2.45) is 5.92 Å². The summed E-state index contributed by atoms with van der Waals surface area (Å²) in [6.45, 7) is 4.41. The smallest absolute Gasteiger partial charge is 0.256 e. The molecule has 6 heteroatoms. The van der Waals surface area contributed by atoms with E-state index in [-0.39, 0.29) is 17.6 Å². The Morgan fingerprint density at radius 3 is 2.74 bits per heavy atom. The fraction of sp³-hybridized carbons (Fsp3) is 0.476. The number of amides is 1. The Bertz CT molecular complexity index is 884. The fourth-order valence-electron chi connectivity index (χ4n) is 4.01. The summed E-state index contributed by atoms with van der Waals surface area (Å²) in [7, 11) is 0. The van der Waals surface area contributed by atoms with Crippen molar-refractivity contribution in [2.45, 2.75) is 45.4 Å². The van der Waals surface area contributed by atoms with Gasteiger partial charge in [0.05, 0.1) is 12.9 Å². The van der Waals surface area contributed by atoms with Crippen LogP contribution in [-0.2, 0) is 29.1 Å². The lowest BCUT2D eigenvalue weighted by molar-refractivity contribution is -0.147. The summed E-state index contributed by atoms with van der Waals surface area (Å²) in [5, 5.41) is 0. The number of hydrogen-bond donors (Lipinski definition) is 0. The number of fused-ring (bicyclic) bond motifs is 1. The molecule has 2 aromatic rings. The summed E-state index contributed by atoms with van der Waals surface area (Å²) in [4.78, 5) is 31.1. The van der Waals surface area contributed by atoms with Crippen molar-refractivity contribution in [1.29, 1.82) is 0 Å². The first-order chi connectivity index (χ1) is 13.1. The number of carbonyl (C=O) groups is 1. The Balaban J connectivity index is 1.33. The monoisotopic (exact) mass is 367 g/mol. The Kier molecular flexibility index (Phi) is 5.07. The Morgan fingerprint density at radius 1 is 1.22 bits per heavy atom. The Morgan fingerprint density at radius 2 is 1.96 bits per heavy atom. The summed E-state index contributed by atoms with van der Waals surface area (Å²) in [6.07, 6.45) is 5.28. The van der Waals surface area contributed by atoms with Gasteiger partial charge in [0.2, 0.25) is 0 Å². The van der Waals surface area contributed by atoms with Gasteiger partial charge in [0, 0.05) is 37.8 Å². The zero-order valence-corrected chi connectivity index (χ0v) is 15.6. The molecule has 1 fully saturated rings. The summed E-state index contributed by atoms with van der Waals surface area (Å²) >= 11 is 0. The standard InChI is InChI=1S/C21H25N3O3/c1-15-11-22-14-24(20(15)25)12-16-6-8-23(9-7-16)21(26)19-10-17-4-2-3-5-18(17)13-27-19/h2-5,11,14,16,19H,6-10,12-13H2,1H3. The van der Waals surface area contributed by atoms with Gasteiger partial charge in [0.1, 0.15) is 6.10 Å². The number of aromatic nitrogens is 2. The molecule has 0 aliphatic carbocycles. The highest BCUT2D eigenvalue weighted by Crippen LogP contribution is 2.24. The molecular weight excluding hydrogens is 342 g/mol. The SMILES string of the molecule is Cc1cncn(CC2CCN(C(=O)C3Cc4ccccc4CO3)CC2)c1=O. The molecule has 2 aliphatic rings. The number of likely N-dealkylation sites (tertiary alicyclic amines) is 1. The fourth-order valence-corrected chi connectivity index (χ4v) is 4.01. The van der Waals surface area contributed by atoms with Crippen LogP contribution in [0.25, 0.3) is 0 Å². The topological polar surface area (TPSA) is 64.4 Å². The van der Waals surface area contributed by atoms with Crippen LogP contribution in [0, 0.1) is 12.8 Å². The van der Waals surface area contributed by atoms with Gasteiger partial charge in [-0.1, -0.05) is 24.3 Å². The molecule has 6 nitrogen and oxygen atoms in total. The molecule has 1 atom stereocenters. The highest BCUT2D eigenvalue weighted by Gasteiger charge is 2.31. The zero-order valence-electron chi connectivity index (χ0n) is 15.6. The highest BCUT2D eigenvalue weighted by atomic mass is 16.5. The third-order valence-electron chi connectivity index (χ3n) is 5.69. The van der Waals surface area contributed by atoms with Crippen LogP contribution in [0.2, 0.25) is 0 Å². The van der Waals surface area contributed by atoms with Crippen LogP contribution in [0.15, 0.2) is 41.6 Å². The Labute approximate surface area is 158 Å². The van der Waals surface area contributed by atoms with E-state index in [4.69, 9.17) is 4.74 Å². The minimum absolute atomic E-state index is 0.0257. The quantitative estimate of drug-likeness (QED) is 0.832. The maximum absolute atomic E-state index is 12.9. The van der Waals surface area contributed by atoms with E-state index in [1.54, 1.807) is 24.0 Å². The van der Waals surface area contributed by atoms with Crippen LogP contribution < -0.4 is 5.56 Å². The minimum atomic E-state index is -0.375. The van der Waals surface area contributed by atoms with Crippen molar-refractivity contribution in [3.05, 3.63) is 63.8 Å². The van der Waals surface area contributed by atoms with Gasteiger partial charge >= 0.3 is 0 Å². The predicted molar refractivity (Wildman–Crippen MR) is 101 cm³/mol. The second-order valence-corrected chi connectivity index (χ2v) is 7.58. The van der Waals surface area contributed by atoms with E-state index in [1.165, 1.54) is 11.1 Å². The molecule has 2 aliphatic heterocycles. The lowest BCUT2D eigenvalue weighted by Crippen LogP contribution is -2.47. The van der Waals surface area contributed by atoms with Crippen LogP contribution in [-0.4, -0.2) is 39.6 Å². The number of aryl methyl sites for hydroxylation is 1. The normalized spacial score (nSPS) is 20.3. The molecule has 1 saturated heterocycles. The zero-order chi connectivity index (χ0) is 18.8. The van der Waals surface area contributed by atoms with Crippen LogP contribution in [0.1, 0.15) is 29.5 Å². The van der Waals surface area contributed by atoms with E-state index in [9.17, 15) is 9.59 Å². The predicted octanol–water partition coefficient (Wildman–Crippen LogP) is 1.93. The number of benzene rings is 1. The van der Waals surface area contributed by atoms with Gasteiger partial charge in [-0.05, 0) is 36.8 Å². The number of nitrogens with zero attached hydrogens (tertiary/aromatic N) is 3. The molecule has 1 unspecified atom stereocenters. The molecule has 0 radical (unpaired) electrons. The van der Waals surface area contributed by atoms with Gasteiger partial charge < -0.3 is 9.64 Å². The summed E-state index contributed by atoms with van der Waals surface area (Å²) in [5.74, 6) is 0.487. The first-order valence-electron chi connectivity index (χ1n) is 9.60. The lowest BCUT2D eigenvalue weighted by Gasteiger charge is -2.35. The number of carbonyl (C=O) groups excluding carboxylic acids is 1. The number of piperidine rings is 1. The van der Waals surface area contributed by atoms with Crippen molar-refractivity contribution < 1.29 is 9.53 Å². The third kappa shape index (κ3) is 3.81. The summed E-state index contributed by atoms with van der Waals surface area (Å²) in [5.41, 5.74) is 3.08. The molecule has 4 rings (SSSR count). The van der Waals surface area contributed by atoms with E-state index in [2.05, 4.69) is 17.1 Å². The number of ether oxygens (including phenoxy) is 1. The average Bonchev–Trinajstić information content (AvgIpc) is 2.71. The second-order valence-electron chi connectivity index (χ2n) is 7.58. The van der Waals surface area contributed by atoms with Crippen LogP contribution in [0.3, 0.4) is 0 Å². The van der Waals surface area contributed by atoms with Gasteiger partial charge in [0.25, 0.3) is 11.5 Å².